The summed E-state index contributed by atoms with van der Waals surface area (Å²) in [7, 11) is -3.59. The summed E-state index contributed by atoms with van der Waals surface area (Å²) < 4.78 is 33.6. The Morgan fingerprint density at radius 1 is 1.10 bits per heavy atom. The molecule has 0 saturated carbocycles. The molecule has 4 nitrogen and oxygen atoms in total. The average Bonchev–Trinajstić information content (AvgIpc) is 2.82. The molecular weight excluding hydrogens is 342 g/mol. The predicted molar refractivity (Wildman–Crippen MR) is 79.1 cm³/mol. The van der Waals surface area contributed by atoms with E-state index in [0.29, 0.717) is 11.1 Å². The summed E-state index contributed by atoms with van der Waals surface area (Å²) in [5.41, 5.74) is 0.864. The molecular formula is C14H12BrNO3S. The highest BCUT2D eigenvalue weighted by atomic mass is 79.9. The second-order valence-corrected chi connectivity index (χ2v) is 6.99. The quantitative estimate of drug-likeness (QED) is 0.922. The van der Waals surface area contributed by atoms with Crippen molar-refractivity contribution in [1.82, 2.24) is 4.72 Å². The van der Waals surface area contributed by atoms with Crippen molar-refractivity contribution < 1.29 is 13.2 Å². The number of benzene rings is 2. The minimum atomic E-state index is -3.59. The molecule has 0 radical (unpaired) electrons. The zero-order valence-electron chi connectivity index (χ0n) is 10.4. The Balaban J connectivity index is 1.91. The van der Waals surface area contributed by atoms with Crippen LogP contribution in [0, 0.1) is 0 Å². The van der Waals surface area contributed by atoms with Crippen molar-refractivity contribution in [1.29, 1.82) is 0 Å². The molecule has 1 aliphatic rings. The minimum Gasteiger partial charge on any atom is -0.491 e. The molecule has 0 amide bonds. The van der Waals surface area contributed by atoms with Crippen LogP contribution in [0.1, 0.15) is 11.6 Å². The van der Waals surface area contributed by atoms with Crippen LogP contribution in [0.3, 0.4) is 0 Å². The van der Waals surface area contributed by atoms with Crippen LogP contribution >= 0.6 is 15.9 Å². The fraction of sp³-hybridized carbons (Fsp3) is 0.143. The van der Waals surface area contributed by atoms with Gasteiger partial charge in [-0.25, -0.2) is 13.1 Å². The van der Waals surface area contributed by atoms with E-state index in [9.17, 15) is 8.42 Å². The molecule has 1 N–H and O–H groups in total. The number of ether oxygens (including phenoxy) is 1. The van der Waals surface area contributed by atoms with E-state index in [1.54, 1.807) is 24.3 Å². The lowest BCUT2D eigenvalue weighted by molar-refractivity contribution is 0.325. The first-order chi connectivity index (χ1) is 9.58. The summed E-state index contributed by atoms with van der Waals surface area (Å²) in [5, 5.41) is 0. The van der Waals surface area contributed by atoms with Crippen LogP contribution in [-0.4, -0.2) is 15.0 Å². The van der Waals surface area contributed by atoms with Crippen molar-refractivity contribution in [3.63, 3.8) is 0 Å². The molecule has 2 aromatic rings. The van der Waals surface area contributed by atoms with Crippen LogP contribution in [0.25, 0.3) is 0 Å². The monoisotopic (exact) mass is 353 g/mol. The van der Waals surface area contributed by atoms with Gasteiger partial charge in [-0.05, 0) is 34.1 Å². The number of sulfonamides is 1. The van der Waals surface area contributed by atoms with Gasteiger partial charge in [0.2, 0.25) is 10.0 Å². The van der Waals surface area contributed by atoms with Crippen LogP contribution in [0.2, 0.25) is 0 Å². The molecule has 104 valence electrons. The van der Waals surface area contributed by atoms with Gasteiger partial charge in [-0.1, -0.05) is 30.3 Å². The molecule has 0 saturated heterocycles. The Morgan fingerprint density at radius 2 is 1.80 bits per heavy atom. The molecule has 6 heteroatoms. The van der Waals surface area contributed by atoms with E-state index in [1.807, 2.05) is 24.3 Å². The summed E-state index contributed by atoms with van der Waals surface area (Å²) >= 11 is 3.26. The maximum atomic E-state index is 12.4. The molecule has 20 heavy (non-hydrogen) atoms. The number of hydrogen-bond acceptors (Lipinski definition) is 3. The Bertz CT molecular complexity index is 746. The van der Waals surface area contributed by atoms with Gasteiger partial charge in [0.1, 0.15) is 12.4 Å². The molecule has 1 aliphatic heterocycles. The molecule has 1 unspecified atom stereocenters. The number of hydrogen-bond donors (Lipinski definition) is 1. The molecule has 1 atom stereocenters. The highest BCUT2D eigenvalue weighted by Gasteiger charge is 2.29. The summed E-state index contributed by atoms with van der Waals surface area (Å²) in [5.74, 6) is 0.729. The minimum absolute atomic E-state index is 0.226. The Hall–Kier alpha value is -1.37. The fourth-order valence-corrected chi connectivity index (χ4v) is 4.38. The van der Waals surface area contributed by atoms with E-state index < -0.39 is 10.0 Å². The van der Waals surface area contributed by atoms with Gasteiger partial charge in [-0.2, -0.15) is 0 Å². The molecule has 3 rings (SSSR count). The Kier molecular flexibility index (Phi) is 3.54. The summed E-state index contributed by atoms with van der Waals surface area (Å²) in [4.78, 5) is 0.226. The highest BCUT2D eigenvalue weighted by Crippen LogP contribution is 2.33. The van der Waals surface area contributed by atoms with Gasteiger partial charge in [-0.3, -0.25) is 0 Å². The van der Waals surface area contributed by atoms with E-state index in [2.05, 4.69) is 20.7 Å². The van der Waals surface area contributed by atoms with Gasteiger partial charge in [0.25, 0.3) is 0 Å². The van der Waals surface area contributed by atoms with Crippen molar-refractivity contribution >= 4 is 26.0 Å². The number of halogens is 1. The molecule has 0 spiro atoms. The Labute approximate surface area is 126 Å². The lowest BCUT2D eigenvalue weighted by Crippen LogP contribution is -2.29. The number of fused-ring (bicyclic) bond motifs is 1. The second-order valence-electron chi connectivity index (χ2n) is 4.45. The third kappa shape index (κ3) is 2.46. The highest BCUT2D eigenvalue weighted by molar-refractivity contribution is 9.10. The van der Waals surface area contributed by atoms with E-state index in [-0.39, 0.29) is 10.9 Å². The molecule has 0 aromatic heterocycles. The lowest BCUT2D eigenvalue weighted by atomic mass is 10.1. The van der Waals surface area contributed by atoms with E-state index in [1.165, 1.54) is 0 Å². The third-order valence-electron chi connectivity index (χ3n) is 3.12. The van der Waals surface area contributed by atoms with Crippen LogP contribution < -0.4 is 9.46 Å². The van der Waals surface area contributed by atoms with Gasteiger partial charge in [0, 0.05) is 10.0 Å². The predicted octanol–water partition coefficient (Wildman–Crippen LogP) is 2.86. The van der Waals surface area contributed by atoms with Crippen molar-refractivity contribution in [3.05, 3.63) is 58.6 Å². The van der Waals surface area contributed by atoms with Crippen LogP contribution in [0.15, 0.2) is 57.9 Å². The van der Waals surface area contributed by atoms with Gasteiger partial charge in [0.05, 0.1) is 10.9 Å². The van der Waals surface area contributed by atoms with Crippen molar-refractivity contribution in [3.8, 4) is 5.75 Å². The molecule has 0 aliphatic carbocycles. The molecule has 1 heterocycles. The van der Waals surface area contributed by atoms with Crippen molar-refractivity contribution in [2.45, 2.75) is 10.9 Å². The van der Waals surface area contributed by atoms with Gasteiger partial charge in [-0.15, -0.1) is 0 Å². The first-order valence-electron chi connectivity index (χ1n) is 6.06. The zero-order chi connectivity index (χ0) is 14.2. The second kappa shape index (κ2) is 5.20. The third-order valence-corrected chi connectivity index (χ3v) is 5.61. The topological polar surface area (TPSA) is 55.4 Å². The fourth-order valence-electron chi connectivity index (χ4n) is 2.17. The van der Waals surface area contributed by atoms with Gasteiger partial charge >= 0.3 is 0 Å². The normalized spacial score (nSPS) is 17.6. The lowest BCUT2D eigenvalue weighted by Gasteiger charge is -2.13. The van der Waals surface area contributed by atoms with Crippen LogP contribution in [-0.2, 0) is 10.0 Å². The number of rotatable bonds is 3. The standard InChI is InChI=1S/C14H12BrNO3S/c15-11-6-2-4-8-14(11)20(17,18)16-12-9-19-13-7-3-1-5-10(12)13/h1-8,12,16H,9H2. The summed E-state index contributed by atoms with van der Waals surface area (Å²) in [6.07, 6.45) is 0. The van der Waals surface area contributed by atoms with Crippen LogP contribution in [0.4, 0.5) is 0 Å². The molecule has 2 aromatic carbocycles. The maximum Gasteiger partial charge on any atom is 0.242 e. The summed E-state index contributed by atoms with van der Waals surface area (Å²) in [6.45, 7) is 0.309. The van der Waals surface area contributed by atoms with Crippen molar-refractivity contribution in [2.24, 2.45) is 0 Å². The SMILES string of the molecule is O=S(=O)(NC1COc2ccccc21)c1ccccc1Br. The maximum absolute atomic E-state index is 12.4. The van der Waals surface area contributed by atoms with Gasteiger partial charge < -0.3 is 4.74 Å². The van der Waals surface area contributed by atoms with Crippen molar-refractivity contribution in [2.75, 3.05) is 6.61 Å². The number of nitrogens with one attached hydrogen (secondary N) is 1. The smallest absolute Gasteiger partial charge is 0.242 e. The first kappa shape index (κ1) is 13.6. The molecule has 0 fully saturated rings. The van der Waals surface area contributed by atoms with E-state index in [0.717, 1.165) is 11.3 Å². The average molecular weight is 354 g/mol. The van der Waals surface area contributed by atoms with Crippen LogP contribution in [0.5, 0.6) is 5.75 Å². The Morgan fingerprint density at radius 3 is 2.60 bits per heavy atom. The zero-order valence-corrected chi connectivity index (χ0v) is 12.8. The van der Waals surface area contributed by atoms with E-state index in [4.69, 9.17) is 4.74 Å². The first-order valence-corrected chi connectivity index (χ1v) is 8.34. The van der Waals surface area contributed by atoms with E-state index >= 15 is 0 Å². The molecule has 0 bridgehead atoms. The number of para-hydroxylation sites is 1. The summed E-state index contributed by atoms with van der Waals surface area (Å²) in [6, 6.07) is 13.8. The van der Waals surface area contributed by atoms with Gasteiger partial charge in [0.15, 0.2) is 0 Å². The largest absolute Gasteiger partial charge is 0.491 e.